The summed E-state index contributed by atoms with van der Waals surface area (Å²) >= 11 is 0. The van der Waals surface area contributed by atoms with Gasteiger partial charge in [-0.1, -0.05) is 18.9 Å². The van der Waals surface area contributed by atoms with Crippen LogP contribution in [0.3, 0.4) is 0 Å². The zero-order valence-electron chi connectivity index (χ0n) is 22.1. The van der Waals surface area contributed by atoms with Crippen molar-refractivity contribution in [2.24, 2.45) is 0 Å². The molecule has 0 unspecified atom stereocenters. The molecule has 2 aliphatic carbocycles. The molecule has 2 aromatic carbocycles. The van der Waals surface area contributed by atoms with Crippen LogP contribution < -0.4 is 14.8 Å². The molecule has 0 heterocycles. The summed E-state index contributed by atoms with van der Waals surface area (Å²) in [6.07, 6.45) is 5.69. The van der Waals surface area contributed by atoms with Crippen LogP contribution in [0.5, 0.6) is 11.5 Å². The molecular weight excluding hydrogens is 458 g/mol. The summed E-state index contributed by atoms with van der Waals surface area (Å²) in [5, 5.41) is 13.3. The minimum absolute atomic E-state index is 0.0295. The second kappa shape index (κ2) is 11.1. The van der Waals surface area contributed by atoms with E-state index in [1.54, 1.807) is 14.2 Å². The summed E-state index contributed by atoms with van der Waals surface area (Å²) in [5.74, 6) is 0.712. The maximum Gasteiger partial charge on any atom is 0.329 e. The number of nitrogens with one attached hydrogen (secondary N) is 1. The molecule has 0 aliphatic heterocycles. The van der Waals surface area contributed by atoms with Crippen molar-refractivity contribution in [2.75, 3.05) is 26.1 Å². The number of hydrogen-bond acceptors (Lipinski definition) is 6. The van der Waals surface area contributed by atoms with Crippen LogP contribution >= 0.6 is 0 Å². The van der Waals surface area contributed by atoms with E-state index in [-0.39, 0.29) is 12.2 Å². The van der Waals surface area contributed by atoms with E-state index in [9.17, 15) is 9.90 Å². The fourth-order valence-electron chi connectivity index (χ4n) is 5.65. The fraction of sp³-hybridized carbons (Fsp3) is 0.552. The van der Waals surface area contributed by atoms with E-state index in [1.807, 2.05) is 38.1 Å². The Bertz CT molecular complexity index is 1090. The molecule has 7 heteroatoms. The predicted octanol–water partition coefficient (Wildman–Crippen LogP) is 5.88. The minimum atomic E-state index is -1.02. The van der Waals surface area contributed by atoms with Gasteiger partial charge in [0.25, 0.3) is 0 Å². The van der Waals surface area contributed by atoms with E-state index < -0.39 is 11.5 Å². The van der Waals surface area contributed by atoms with Crippen molar-refractivity contribution in [3.8, 4) is 22.6 Å². The highest BCUT2D eigenvalue weighted by atomic mass is 16.5. The number of rotatable bonds is 11. The molecule has 0 atom stereocenters. The molecule has 0 bridgehead atoms. The first-order chi connectivity index (χ1) is 17.3. The smallest absolute Gasteiger partial charge is 0.329 e. The summed E-state index contributed by atoms with van der Waals surface area (Å²) in [4.78, 5) is 12.2. The molecular formula is C29H39NO6. The van der Waals surface area contributed by atoms with E-state index in [1.165, 1.54) is 12.8 Å². The summed E-state index contributed by atoms with van der Waals surface area (Å²) in [6, 6.07) is 8.07. The number of carbonyl (C=O) groups is 1. The van der Waals surface area contributed by atoms with Crippen molar-refractivity contribution in [3.05, 3.63) is 41.0 Å². The number of ether oxygens (including phenoxy) is 4. The molecule has 0 radical (unpaired) electrons. The topological polar surface area (TPSA) is 86.3 Å². The Morgan fingerprint density at radius 2 is 1.72 bits per heavy atom. The molecule has 2 aliphatic rings. The molecule has 0 amide bonds. The SMILES string of the molecule is CCO[C@H]1C[C@@](Nc2ccc(-c3cc(OC)c(C)c(OC)c3C)c(COC3CCCC3)c2)(C(=O)O)C1. The number of hydrogen-bond donors (Lipinski definition) is 2. The van der Waals surface area contributed by atoms with E-state index in [0.717, 1.165) is 57.8 Å². The van der Waals surface area contributed by atoms with E-state index in [0.29, 0.717) is 26.1 Å². The normalized spacial score (nSPS) is 21.8. The Morgan fingerprint density at radius 1 is 1.00 bits per heavy atom. The summed E-state index contributed by atoms with van der Waals surface area (Å²) in [5.41, 5.74) is 4.78. The highest BCUT2D eigenvalue weighted by Gasteiger charge is 2.51. The standard InChI is InChI=1S/C29H39NO6/c1-6-35-23-15-29(16-23,28(31)32)30-21-11-12-24(20(13-21)17-36-22-9-7-8-10-22)25-14-26(33-4)19(3)27(34-5)18(25)2/h11-14,22-23,30H,6-10,15-17H2,1-5H3,(H,31,32)/t23-,29-. The van der Waals surface area contributed by atoms with Crippen LogP contribution in [0.4, 0.5) is 5.69 Å². The molecule has 2 fully saturated rings. The summed E-state index contributed by atoms with van der Waals surface area (Å²) < 4.78 is 23.3. The van der Waals surface area contributed by atoms with Crippen molar-refractivity contribution < 1.29 is 28.8 Å². The predicted molar refractivity (Wildman–Crippen MR) is 140 cm³/mol. The third-order valence-electron chi connectivity index (χ3n) is 7.67. The lowest BCUT2D eigenvalue weighted by molar-refractivity contribution is -0.152. The van der Waals surface area contributed by atoms with Crippen molar-refractivity contribution in [1.82, 2.24) is 0 Å². The van der Waals surface area contributed by atoms with Crippen molar-refractivity contribution >= 4 is 11.7 Å². The van der Waals surface area contributed by atoms with Gasteiger partial charge in [-0.15, -0.1) is 0 Å². The quantitative estimate of drug-likeness (QED) is 0.401. The Morgan fingerprint density at radius 3 is 2.33 bits per heavy atom. The van der Waals surface area contributed by atoms with Crippen LogP contribution in [-0.4, -0.2) is 49.6 Å². The van der Waals surface area contributed by atoms with Crippen LogP contribution in [0.2, 0.25) is 0 Å². The Hall–Kier alpha value is -2.77. The van der Waals surface area contributed by atoms with Gasteiger partial charge in [0.05, 0.1) is 33.0 Å². The highest BCUT2D eigenvalue weighted by Crippen LogP contribution is 2.42. The minimum Gasteiger partial charge on any atom is -0.496 e. The second-order valence-corrected chi connectivity index (χ2v) is 10.00. The number of carboxylic acids is 1. The lowest BCUT2D eigenvalue weighted by atomic mass is 9.74. The zero-order chi connectivity index (χ0) is 25.9. The fourth-order valence-corrected chi connectivity index (χ4v) is 5.65. The van der Waals surface area contributed by atoms with Crippen LogP contribution in [-0.2, 0) is 20.9 Å². The zero-order valence-corrected chi connectivity index (χ0v) is 22.1. The van der Waals surface area contributed by atoms with Gasteiger partial charge >= 0.3 is 5.97 Å². The first kappa shape index (κ1) is 26.3. The molecule has 2 saturated carbocycles. The molecule has 4 rings (SSSR count). The molecule has 196 valence electrons. The van der Waals surface area contributed by atoms with Gasteiger partial charge in [0.2, 0.25) is 0 Å². The van der Waals surface area contributed by atoms with Crippen LogP contribution in [0, 0.1) is 13.8 Å². The second-order valence-electron chi connectivity index (χ2n) is 10.00. The lowest BCUT2D eigenvalue weighted by Gasteiger charge is -2.45. The van der Waals surface area contributed by atoms with Gasteiger partial charge in [0.1, 0.15) is 17.0 Å². The monoisotopic (exact) mass is 497 g/mol. The van der Waals surface area contributed by atoms with E-state index in [2.05, 4.69) is 12.2 Å². The van der Waals surface area contributed by atoms with E-state index >= 15 is 0 Å². The molecule has 36 heavy (non-hydrogen) atoms. The molecule has 0 saturated heterocycles. The van der Waals surface area contributed by atoms with Crippen molar-refractivity contribution in [2.45, 2.75) is 83.6 Å². The third kappa shape index (κ3) is 5.18. The van der Waals surface area contributed by atoms with Gasteiger partial charge in [-0.3, -0.25) is 0 Å². The highest BCUT2D eigenvalue weighted by molar-refractivity contribution is 5.85. The average Bonchev–Trinajstić information content (AvgIpc) is 3.36. The third-order valence-corrected chi connectivity index (χ3v) is 7.67. The molecule has 0 spiro atoms. The summed E-state index contributed by atoms with van der Waals surface area (Å²) in [7, 11) is 3.34. The largest absolute Gasteiger partial charge is 0.496 e. The van der Waals surface area contributed by atoms with Crippen molar-refractivity contribution in [1.29, 1.82) is 0 Å². The van der Waals surface area contributed by atoms with Gasteiger partial charge in [-0.05, 0) is 74.1 Å². The molecule has 7 nitrogen and oxygen atoms in total. The number of aliphatic carboxylic acids is 1. The van der Waals surface area contributed by atoms with E-state index in [4.69, 9.17) is 18.9 Å². The number of methoxy groups -OCH3 is 2. The molecule has 2 N–H and O–H groups in total. The molecule has 2 aromatic rings. The Labute approximate surface area is 214 Å². The summed E-state index contributed by atoms with van der Waals surface area (Å²) in [6.45, 7) is 7.01. The van der Waals surface area contributed by atoms with Crippen LogP contribution in [0.15, 0.2) is 24.3 Å². The van der Waals surface area contributed by atoms with Crippen molar-refractivity contribution in [3.63, 3.8) is 0 Å². The average molecular weight is 498 g/mol. The number of carboxylic acid groups (broad SMARTS) is 1. The number of anilines is 1. The van der Waals surface area contributed by atoms with Gasteiger partial charge < -0.3 is 29.4 Å². The maximum atomic E-state index is 12.2. The van der Waals surface area contributed by atoms with Gasteiger partial charge in [0, 0.05) is 30.7 Å². The first-order valence-corrected chi connectivity index (χ1v) is 12.9. The van der Waals surface area contributed by atoms with Crippen LogP contribution in [0.25, 0.3) is 11.1 Å². The van der Waals surface area contributed by atoms with Gasteiger partial charge in [-0.25, -0.2) is 4.79 Å². The lowest BCUT2D eigenvalue weighted by Crippen LogP contribution is -2.59. The number of benzene rings is 2. The van der Waals surface area contributed by atoms with Gasteiger partial charge in [0.15, 0.2) is 0 Å². The molecule has 0 aromatic heterocycles. The Balaban J connectivity index is 1.70. The van der Waals surface area contributed by atoms with Crippen LogP contribution in [0.1, 0.15) is 62.1 Å². The maximum absolute atomic E-state index is 12.2. The Kier molecular flexibility index (Phi) is 8.10. The first-order valence-electron chi connectivity index (χ1n) is 12.9. The van der Waals surface area contributed by atoms with Gasteiger partial charge in [-0.2, -0.15) is 0 Å².